The van der Waals surface area contributed by atoms with Gasteiger partial charge in [-0.2, -0.15) is 0 Å². The van der Waals surface area contributed by atoms with Crippen LogP contribution in [0.3, 0.4) is 0 Å². The molecule has 0 radical (unpaired) electrons. The molecule has 0 bridgehead atoms. The van der Waals surface area contributed by atoms with E-state index in [0.29, 0.717) is 19.3 Å². The predicted octanol–water partition coefficient (Wildman–Crippen LogP) is 4.02. The topological polar surface area (TPSA) is 74.6 Å². The maximum Gasteiger partial charge on any atom is 0.332 e. The summed E-state index contributed by atoms with van der Waals surface area (Å²) in [6.45, 7) is 7.58. The third kappa shape index (κ3) is 2.41. The first-order valence-corrected chi connectivity index (χ1v) is 7.70. The molecule has 0 saturated heterocycles. The van der Waals surface area contributed by atoms with Crippen LogP contribution in [0.4, 0.5) is 0 Å². The highest BCUT2D eigenvalue weighted by Crippen LogP contribution is 2.59. The minimum Gasteiger partial charge on any atom is -0.481 e. The van der Waals surface area contributed by atoms with E-state index in [9.17, 15) is 19.8 Å². The van der Waals surface area contributed by atoms with E-state index in [1.54, 1.807) is 12.2 Å². The van der Waals surface area contributed by atoms with Crippen LogP contribution in [0.15, 0.2) is 23.3 Å². The van der Waals surface area contributed by atoms with E-state index in [2.05, 4.69) is 0 Å². The second kappa shape index (κ2) is 6.46. The highest BCUT2D eigenvalue weighted by Gasteiger charge is 2.59. The van der Waals surface area contributed by atoms with Gasteiger partial charge in [-0.15, -0.1) is 0 Å². The molecule has 0 aromatic carbocycles. The molecule has 118 valence electrons. The summed E-state index contributed by atoms with van der Waals surface area (Å²) in [5, 5.41) is 19.6. The quantitative estimate of drug-likeness (QED) is 0.743. The summed E-state index contributed by atoms with van der Waals surface area (Å²) in [4.78, 5) is 23.9. The van der Waals surface area contributed by atoms with Gasteiger partial charge in [-0.1, -0.05) is 51.3 Å². The second-order valence-electron chi connectivity index (χ2n) is 5.84. The first-order valence-electron chi connectivity index (χ1n) is 7.70. The van der Waals surface area contributed by atoms with Crippen molar-refractivity contribution in [1.29, 1.82) is 0 Å². The smallest absolute Gasteiger partial charge is 0.332 e. The van der Waals surface area contributed by atoms with E-state index < -0.39 is 22.8 Å². The van der Waals surface area contributed by atoms with Gasteiger partial charge in [0.25, 0.3) is 0 Å². The normalized spacial score (nSPS) is 28.8. The minimum atomic E-state index is -1.13. The van der Waals surface area contributed by atoms with Crippen LogP contribution in [0.25, 0.3) is 0 Å². The Labute approximate surface area is 126 Å². The van der Waals surface area contributed by atoms with E-state index in [-0.39, 0.29) is 5.57 Å². The van der Waals surface area contributed by atoms with Gasteiger partial charge in [0.15, 0.2) is 0 Å². The van der Waals surface area contributed by atoms with Crippen molar-refractivity contribution in [3.63, 3.8) is 0 Å². The summed E-state index contributed by atoms with van der Waals surface area (Å²) in [7, 11) is 0. The van der Waals surface area contributed by atoms with Crippen molar-refractivity contribution < 1.29 is 19.8 Å². The van der Waals surface area contributed by atoms with Gasteiger partial charge in [-0.05, 0) is 26.2 Å². The van der Waals surface area contributed by atoms with Gasteiger partial charge in [-0.3, -0.25) is 4.79 Å². The fourth-order valence-electron chi connectivity index (χ4n) is 4.03. The van der Waals surface area contributed by atoms with Gasteiger partial charge in [0, 0.05) is 11.0 Å². The Bertz CT molecular complexity index is 489. The molecular weight excluding hydrogens is 268 g/mol. The van der Waals surface area contributed by atoms with E-state index >= 15 is 0 Å². The Morgan fingerprint density at radius 3 is 2.10 bits per heavy atom. The molecule has 1 rings (SSSR count). The maximum atomic E-state index is 12.2. The van der Waals surface area contributed by atoms with Crippen molar-refractivity contribution in [1.82, 2.24) is 0 Å². The Morgan fingerprint density at radius 1 is 1.10 bits per heavy atom. The molecule has 0 heterocycles. The zero-order valence-electron chi connectivity index (χ0n) is 13.4. The number of hydrogen-bond acceptors (Lipinski definition) is 2. The molecule has 4 heteroatoms. The second-order valence-corrected chi connectivity index (χ2v) is 5.84. The van der Waals surface area contributed by atoms with Crippen molar-refractivity contribution in [2.45, 2.75) is 59.8 Å². The molecule has 21 heavy (non-hydrogen) atoms. The molecule has 1 aliphatic rings. The molecule has 0 fully saturated rings. The van der Waals surface area contributed by atoms with Crippen LogP contribution in [-0.2, 0) is 9.59 Å². The molecule has 0 spiro atoms. The zero-order chi connectivity index (χ0) is 16.3. The first-order chi connectivity index (χ1) is 9.83. The third-order valence-electron chi connectivity index (χ3n) is 5.19. The van der Waals surface area contributed by atoms with Crippen molar-refractivity contribution in [3.05, 3.63) is 23.3 Å². The molecule has 0 aromatic rings. The average Bonchev–Trinajstić information content (AvgIpc) is 2.44. The molecule has 0 aromatic heterocycles. The number of carbonyl (C=O) groups is 2. The largest absolute Gasteiger partial charge is 0.481 e. The molecular formula is C17H26O4. The molecule has 2 N–H and O–H groups in total. The van der Waals surface area contributed by atoms with Crippen LogP contribution in [0, 0.1) is 10.8 Å². The van der Waals surface area contributed by atoms with Gasteiger partial charge < -0.3 is 10.2 Å². The van der Waals surface area contributed by atoms with Crippen LogP contribution in [0.5, 0.6) is 0 Å². The Hall–Kier alpha value is -1.58. The molecule has 0 aliphatic heterocycles. The average molecular weight is 294 g/mol. The lowest BCUT2D eigenvalue weighted by Gasteiger charge is -2.50. The van der Waals surface area contributed by atoms with E-state index in [1.165, 1.54) is 0 Å². The van der Waals surface area contributed by atoms with Gasteiger partial charge in [0.2, 0.25) is 0 Å². The zero-order valence-corrected chi connectivity index (χ0v) is 13.4. The van der Waals surface area contributed by atoms with Gasteiger partial charge >= 0.3 is 11.9 Å². The predicted molar refractivity (Wildman–Crippen MR) is 82.1 cm³/mol. The van der Waals surface area contributed by atoms with Gasteiger partial charge in [0.1, 0.15) is 0 Å². The van der Waals surface area contributed by atoms with Crippen LogP contribution < -0.4 is 0 Å². The molecule has 1 aliphatic carbocycles. The SMILES string of the molecule is CCCCC1(CC)C(C(=O)O)=CC=C(C)C1(CC)C(=O)O. The summed E-state index contributed by atoms with van der Waals surface area (Å²) in [5.41, 5.74) is -0.970. The number of aliphatic carboxylic acids is 2. The van der Waals surface area contributed by atoms with Gasteiger partial charge in [-0.25, -0.2) is 4.79 Å². The number of carboxylic acids is 2. The maximum absolute atomic E-state index is 12.2. The van der Waals surface area contributed by atoms with Crippen LogP contribution >= 0.6 is 0 Å². The number of hydrogen-bond donors (Lipinski definition) is 2. The number of allylic oxidation sites excluding steroid dienone is 2. The lowest BCUT2D eigenvalue weighted by atomic mass is 9.50. The number of unbranched alkanes of at least 4 members (excludes halogenated alkanes) is 1. The monoisotopic (exact) mass is 294 g/mol. The number of rotatable bonds is 7. The van der Waals surface area contributed by atoms with Crippen LogP contribution in [0.2, 0.25) is 0 Å². The Kier molecular flexibility index (Phi) is 5.37. The number of carboxylic acid groups (broad SMARTS) is 2. The highest BCUT2D eigenvalue weighted by molar-refractivity contribution is 5.93. The first kappa shape index (κ1) is 17.5. The summed E-state index contributed by atoms with van der Waals surface area (Å²) < 4.78 is 0. The third-order valence-corrected chi connectivity index (χ3v) is 5.19. The fourth-order valence-corrected chi connectivity index (χ4v) is 4.03. The minimum absolute atomic E-state index is 0.244. The standard InChI is InChI=1S/C17H26O4/c1-5-8-11-16(6-2)13(14(18)19)10-9-12(4)17(16,7-3)15(20)21/h9-10H,5-8,11H2,1-4H3,(H,18,19)(H,20,21). The van der Waals surface area contributed by atoms with Crippen LogP contribution in [-0.4, -0.2) is 22.2 Å². The summed E-state index contributed by atoms with van der Waals surface area (Å²) in [5.74, 6) is -1.92. The van der Waals surface area contributed by atoms with Crippen molar-refractivity contribution in [2.24, 2.45) is 10.8 Å². The van der Waals surface area contributed by atoms with Crippen molar-refractivity contribution in [2.75, 3.05) is 0 Å². The van der Waals surface area contributed by atoms with Crippen molar-refractivity contribution >= 4 is 11.9 Å². The van der Waals surface area contributed by atoms with Crippen molar-refractivity contribution in [3.8, 4) is 0 Å². The molecule has 0 saturated carbocycles. The lowest BCUT2D eigenvalue weighted by Crippen LogP contribution is -2.52. The van der Waals surface area contributed by atoms with E-state index in [1.807, 2.05) is 27.7 Å². The van der Waals surface area contributed by atoms with E-state index in [4.69, 9.17) is 0 Å². The molecule has 0 amide bonds. The fraction of sp³-hybridized carbons (Fsp3) is 0.647. The summed E-state index contributed by atoms with van der Waals surface area (Å²) >= 11 is 0. The van der Waals surface area contributed by atoms with Crippen LogP contribution in [0.1, 0.15) is 59.8 Å². The lowest BCUT2D eigenvalue weighted by molar-refractivity contribution is -0.155. The Morgan fingerprint density at radius 2 is 1.71 bits per heavy atom. The molecule has 2 unspecified atom stereocenters. The van der Waals surface area contributed by atoms with Gasteiger partial charge in [0.05, 0.1) is 5.41 Å². The molecule has 2 atom stereocenters. The summed E-state index contributed by atoms with van der Waals surface area (Å²) in [6.07, 6.45) is 6.50. The highest BCUT2D eigenvalue weighted by atomic mass is 16.4. The summed E-state index contributed by atoms with van der Waals surface area (Å²) in [6, 6.07) is 0. The Balaban J connectivity index is 3.64. The van der Waals surface area contributed by atoms with E-state index in [0.717, 1.165) is 18.4 Å². The molecule has 4 nitrogen and oxygen atoms in total.